The lowest BCUT2D eigenvalue weighted by atomic mass is 10.2. The lowest BCUT2D eigenvalue weighted by molar-refractivity contribution is 0.0955. The number of unbranched alkanes of at least 4 members (excludes halogenated alkanes) is 1. The first-order valence-electron chi connectivity index (χ1n) is 10.0. The molecule has 0 saturated carbocycles. The number of ether oxygens (including phenoxy) is 1. The van der Waals surface area contributed by atoms with Crippen LogP contribution in [-0.4, -0.2) is 40.8 Å². The summed E-state index contributed by atoms with van der Waals surface area (Å²) in [7, 11) is 0. The summed E-state index contributed by atoms with van der Waals surface area (Å²) in [6.07, 6.45) is 3.81. The van der Waals surface area contributed by atoms with Crippen LogP contribution in [-0.2, 0) is 0 Å². The molecule has 3 N–H and O–H groups in total. The molecule has 0 radical (unpaired) electrons. The maximum Gasteiger partial charge on any atom is 0.251 e. The highest BCUT2D eigenvalue weighted by atomic mass is 16.5. The lowest BCUT2D eigenvalue weighted by Gasteiger charge is -2.09. The number of hydrogen-bond acceptors (Lipinski definition) is 7. The van der Waals surface area contributed by atoms with Crippen molar-refractivity contribution < 1.29 is 9.53 Å². The lowest BCUT2D eigenvalue weighted by Crippen LogP contribution is -2.28. The summed E-state index contributed by atoms with van der Waals surface area (Å²) >= 11 is 0. The summed E-state index contributed by atoms with van der Waals surface area (Å²) < 4.78 is 5.61. The Kier molecular flexibility index (Phi) is 7.96. The van der Waals surface area contributed by atoms with E-state index in [0.29, 0.717) is 42.7 Å². The fraction of sp³-hybridized carbons (Fsp3) is 0.273. The summed E-state index contributed by atoms with van der Waals surface area (Å²) in [5, 5.41) is 17.3. The van der Waals surface area contributed by atoms with E-state index < -0.39 is 0 Å². The van der Waals surface area contributed by atoms with E-state index in [0.717, 1.165) is 18.6 Å². The topological polar surface area (TPSA) is 101 Å². The molecule has 0 aliphatic rings. The van der Waals surface area contributed by atoms with Crippen LogP contribution >= 0.6 is 0 Å². The van der Waals surface area contributed by atoms with Gasteiger partial charge in [-0.1, -0.05) is 19.4 Å². The van der Waals surface area contributed by atoms with E-state index in [-0.39, 0.29) is 5.91 Å². The Labute approximate surface area is 176 Å². The Morgan fingerprint density at radius 3 is 2.43 bits per heavy atom. The average Bonchev–Trinajstić information content (AvgIpc) is 2.79. The van der Waals surface area contributed by atoms with Crippen molar-refractivity contribution in [1.82, 2.24) is 20.5 Å². The second kappa shape index (κ2) is 11.4. The largest absolute Gasteiger partial charge is 0.494 e. The summed E-state index contributed by atoms with van der Waals surface area (Å²) in [4.78, 5) is 16.4. The second-order valence-corrected chi connectivity index (χ2v) is 6.55. The zero-order chi connectivity index (χ0) is 21.0. The molecule has 0 saturated heterocycles. The number of nitrogens with one attached hydrogen (secondary N) is 3. The predicted octanol–water partition coefficient (Wildman–Crippen LogP) is 3.64. The third kappa shape index (κ3) is 6.73. The number of hydrogen-bond donors (Lipinski definition) is 3. The Bertz CT molecular complexity index is 901. The Hall–Kier alpha value is -3.68. The van der Waals surface area contributed by atoms with Crippen LogP contribution in [0.15, 0.2) is 60.8 Å². The molecule has 1 aromatic carbocycles. The van der Waals surface area contributed by atoms with Gasteiger partial charge in [0.25, 0.3) is 5.91 Å². The van der Waals surface area contributed by atoms with E-state index >= 15 is 0 Å². The maximum atomic E-state index is 12.2. The van der Waals surface area contributed by atoms with Gasteiger partial charge in [-0.2, -0.15) is 0 Å². The summed E-state index contributed by atoms with van der Waals surface area (Å²) in [5.41, 5.74) is 0.600. The molecule has 0 atom stereocenters. The van der Waals surface area contributed by atoms with Gasteiger partial charge in [-0.05, 0) is 55.0 Å². The van der Waals surface area contributed by atoms with Gasteiger partial charge in [-0.25, -0.2) is 4.98 Å². The third-order valence-electron chi connectivity index (χ3n) is 4.19. The Morgan fingerprint density at radius 1 is 0.933 bits per heavy atom. The highest BCUT2D eigenvalue weighted by Crippen LogP contribution is 2.13. The highest BCUT2D eigenvalue weighted by molar-refractivity contribution is 5.94. The van der Waals surface area contributed by atoms with Gasteiger partial charge in [0.05, 0.1) is 6.61 Å². The number of carbonyl (C=O) groups excluding carboxylic acids is 1. The van der Waals surface area contributed by atoms with Crippen LogP contribution in [0.4, 0.5) is 17.5 Å². The number of rotatable bonds is 11. The van der Waals surface area contributed by atoms with Crippen molar-refractivity contribution >= 4 is 23.4 Å². The van der Waals surface area contributed by atoms with Gasteiger partial charge in [-0.3, -0.25) is 4.79 Å². The number of aromatic nitrogens is 3. The van der Waals surface area contributed by atoms with Crippen molar-refractivity contribution in [3.05, 3.63) is 66.4 Å². The molecule has 3 aromatic rings. The fourth-order valence-electron chi connectivity index (χ4n) is 2.57. The minimum absolute atomic E-state index is 0.127. The van der Waals surface area contributed by atoms with E-state index in [9.17, 15) is 4.79 Å². The van der Waals surface area contributed by atoms with Gasteiger partial charge in [0.1, 0.15) is 17.4 Å². The van der Waals surface area contributed by atoms with Crippen molar-refractivity contribution in [3.8, 4) is 5.75 Å². The van der Waals surface area contributed by atoms with Gasteiger partial charge >= 0.3 is 0 Å². The molecular formula is C22H26N6O2. The van der Waals surface area contributed by atoms with Gasteiger partial charge in [0.15, 0.2) is 5.82 Å². The first-order chi connectivity index (χ1) is 14.7. The molecule has 156 valence electrons. The molecule has 0 aliphatic heterocycles. The quantitative estimate of drug-likeness (QED) is 0.418. The van der Waals surface area contributed by atoms with Gasteiger partial charge in [0.2, 0.25) is 0 Å². The highest BCUT2D eigenvalue weighted by Gasteiger charge is 2.05. The van der Waals surface area contributed by atoms with Gasteiger partial charge in [-0.15, -0.1) is 10.2 Å². The SMILES string of the molecule is CCCCOc1ccc(C(=O)NCCNc2ccc(Nc3ccccn3)nn2)cc1. The van der Waals surface area contributed by atoms with Crippen LogP contribution in [0.5, 0.6) is 5.75 Å². The predicted molar refractivity (Wildman–Crippen MR) is 117 cm³/mol. The molecule has 30 heavy (non-hydrogen) atoms. The van der Waals surface area contributed by atoms with Gasteiger partial charge in [0, 0.05) is 24.8 Å². The summed E-state index contributed by atoms with van der Waals surface area (Å²) in [6.45, 7) is 3.81. The van der Waals surface area contributed by atoms with E-state index in [4.69, 9.17) is 4.74 Å². The van der Waals surface area contributed by atoms with Crippen LogP contribution in [0.3, 0.4) is 0 Å². The van der Waals surface area contributed by atoms with E-state index in [1.165, 1.54) is 0 Å². The van der Waals surface area contributed by atoms with E-state index in [2.05, 4.69) is 38.1 Å². The summed E-state index contributed by atoms with van der Waals surface area (Å²) in [5.74, 6) is 2.59. The van der Waals surface area contributed by atoms with Crippen LogP contribution in [0.2, 0.25) is 0 Å². The molecular weight excluding hydrogens is 380 g/mol. The van der Waals surface area contributed by atoms with Crippen molar-refractivity contribution in [3.63, 3.8) is 0 Å². The summed E-state index contributed by atoms with van der Waals surface area (Å²) in [6, 6.07) is 16.4. The number of benzene rings is 1. The minimum atomic E-state index is -0.127. The Morgan fingerprint density at radius 2 is 1.73 bits per heavy atom. The Balaban J connectivity index is 1.37. The average molecular weight is 406 g/mol. The maximum absolute atomic E-state index is 12.2. The van der Waals surface area contributed by atoms with Crippen molar-refractivity contribution in [1.29, 1.82) is 0 Å². The molecule has 1 amide bonds. The van der Waals surface area contributed by atoms with Crippen LogP contribution < -0.4 is 20.7 Å². The monoisotopic (exact) mass is 406 g/mol. The standard InChI is InChI=1S/C22H26N6O2/c1-2-3-16-30-18-9-7-17(8-10-18)22(29)25-15-14-24-20-11-12-21(28-27-20)26-19-6-4-5-13-23-19/h4-13H,2-3,14-16H2,1H3,(H,24,27)(H,25,29)(H,23,26,28). The zero-order valence-electron chi connectivity index (χ0n) is 17.0. The number of carbonyl (C=O) groups is 1. The first-order valence-corrected chi connectivity index (χ1v) is 10.0. The van der Waals surface area contributed by atoms with Crippen LogP contribution in [0, 0.1) is 0 Å². The third-order valence-corrected chi connectivity index (χ3v) is 4.19. The molecule has 2 heterocycles. The van der Waals surface area contributed by atoms with E-state index in [1.54, 1.807) is 18.3 Å². The number of pyridine rings is 1. The number of nitrogens with zero attached hydrogens (tertiary/aromatic N) is 3. The fourth-order valence-corrected chi connectivity index (χ4v) is 2.57. The van der Waals surface area contributed by atoms with E-state index in [1.807, 2.05) is 42.5 Å². The number of anilines is 3. The van der Waals surface area contributed by atoms with Crippen molar-refractivity contribution in [2.24, 2.45) is 0 Å². The molecule has 8 heteroatoms. The van der Waals surface area contributed by atoms with Crippen LogP contribution in [0.25, 0.3) is 0 Å². The molecule has 0 aliphatic carbocycles. The van der Waals surface area contributed by atoms with Crippen molar-refractivity contribution in [2.75, 3.05) is 30.3 Å². The minimum Gasteiger partial charge on any atom is -0.494 e. The zero-order valence-corrected chi connectivity index (χ0v) is 17.0. The van der Waals surface area contributed by atoms with Gasteiger partial charge < -0.3 is 20.7 Å². The molecule has 3 rings (SSSR count). The molecule has 8 nitrogen and oxygen atoms in total. The van der Waals surface area contributed by atoms with Crippen molar-refractivity contribution in [2.45, 2.75) is 19.8 Å². The molecule has 0 spiro atoms. The van der Waals surface area contributed by atoms with Crippen LogP contribution in [0.1, 0.15) is 30.1 Å². The molecule has 0 fully saturated rings. The number of amides is 1. The molecule has 0 unspecified atom stereocenters. The first kappa shape index (κ1) is 21.0. The molecule has 2 aromatic heterocycles. The second-order valence-electron chi connectivity index (χ2n) is 6.55. The normalized spacial score (nSPS) is 10.3. The smallest absolute Gasteiger partial charge is 0.251 e. The molecule has 0 bridgehead atoms.